The number of carbonyl (C=O) groups is 1. The monoisotopic (exact) mass is 165 g/mol. The molecule has 0 spiro atoms. The second kappa shape index (κ2) is 3.30. The second-order valence-electron chi connectivity index (χ2n) is 2.43. The van der Waals surface area contributed by atoms with Crippen LogP contribution in [0.2, 0.25) is 0 Å². The van der Waals surface area contributed by atoms with Crippen molar-refractivity contribution in [3.63, 3.8) is 0 Å². The third-order valence-corrected chi connectivity index (χ3v) is 1.57. The third-order valence-electron chi connectivity index (χ3n) is 1.57. The van der Waals surface area contributed by atoms with E-state index in [2.05, 4.69) is 9.97 Å². The summed E-state index contributed by atoms with van der Waals surface area (Å²) in [6.07, 6.45) is 1.99. The van der Waals surface area contributed by atoms with Crippen molar-refractivity contribution >= 4 is 5.97 Å². The lowest BCUT2D eigenvalue weighted by molar-refractivity contribution is -0.255. The molecule has 0 saturated carbocycles. The fourth-order valence-corrected chi connectivity index (χ4v) is 0.886. The summed E-state index contributed by atoms with van der Waals surface area (Å²) < 4.78 is 0. The number of rotatable bonds is 2. The fraction of sp³-hybridized carbons (Fsp3) is 0.375. The second-order valence-corrected chi connectivity index (χ2v) is 2.43. The Morgan fingerprint density at radius 1 is 1.67 bits per heavy atom. The highest BCUT2D eigenvalue weighted by molar-refractivity contribution is 5.86. The Morgan fingerprint density at radius 2 is 2.33 bits per heavy atom. The maximum Gasteiger partial charge on any atom is 0.128 e. The van der Waals surface area contributed by atoms with Crippen molar-refractivity contribution in [1.29, 1.82) is 0 Å². The molecular weight excluding hydrogens is 156 g/mol. The first-order chi connectivity index (χ1) is 5.65. The fourth-order valence-electron chi connectivity index (χ4n) is 0.886. The number of hydrogen-bond acceptors (Lipinski definition) is 4. The lowest BCUT2D eigenvalue weighted by atomic mass is 10.2. The van der Waals surface area contributed by atoms with Gasteiger partial charge in [0.1, 0.15) is 5.82 Å². The molecule has 0 N–H and O–H groups in total. The minimum atomic E-state index is -1.23. The van der Waals surface area contributed by atoms with Gasteiger partial charge >= 0.3 is 0 Å². The van der Waals surface area contributed by atoms with E-state index in [1.54, 1.807) is 6.92 Å². The van der Waals surface area contributed by atoms with Gasteiger partial charge in [0.15, 0.2) is 0 Å². The number of carbonyl (C=O) groups excluding carboxylic acids is 1. The minimum Gasteiger partial charge on any atom is -0.545 e. The molecule has 0 aliphatic heterocycles. The molecular formula is C8H9N2O2-. The molecule has 4 heteroatoms. The normalized spacial score (nSPS) is 9.83. The van der Waals surface area contributed by atoms with Crippen LogP contribution in [-0.4, -0.2) is 15.9 Å². The summed E-state index contributed by atoms with van der Waals surface area (Å²) in [5, 5.41) is 10.4. The smallest absolute Gasteiger partial charge is 0.128 e. The zero-order valence-corrected chi connectivity index (χ0v) is 7.00. The van der Waals surface area contributed by atoms with Gasteiger partial charge in [-0.15, -0.1) is 0 Å². The lowest BCUT2D eigenvalue weighted by Crippen LogP contribution is -2.24. The highest BCUT2D eigenvalue weighted by Crippen LogP contribution is 2.02. The number of nitrogens with zero attached hydrogens (tertiary/aromatic N) is 2. The first-order valence-corrected chi connectivity index (χ1v) is 3.69. The van der Waals surface area contributed by atoms with Crippen LogP contribution in [0.3, 0.4) is 0 Å². The van der Waals surface area contributed by atoms with E-state index in [0.29, 0.717) is 17.9 Å². The van der Waals surface area contributed by atoms with E-state index in [4.69, 9.17) is 0 Å². The average molecular weight is 165 g/mol. The first kappa shape index (κ1) is 8.64. The van der Waals surface area contributed by atoms with Gasteiger partial charge in [-0.25, -0.2) is 9.97 Å². The summed E-state index contributed by atoms with van der Waals surface area (Å²) in [4.78, 5) is 18.3. The van der Waals surface area contributed by atoms with Crippen molar-refractivity contribution in [2.24, 2.45) is 0 Å². The number of carboxylic acid groups (broad SMARTS) is 1. The van der Waals surface area contributed by atoms with Crippen LogP contribution in [0.25, 0.3) is 0 Å². The Balaban J connectivity index is 3.12. The average Bonchev–Trinajstić information content (AvgIpc) is 2.03. The van der Waals surface area contributed by atoms with Gasteiger partial charge in [-0.3, -0.25) is 0 Å². The van der Waals surface area contributed by atoms with Gasteiger partial charge in [0.25, 0.3) is 0 Å². The molecule has 0 aliphatic rings. The Bertz CT molecular complexity index is 310. The number of hydrogen-bond donors (Lipinski definition) is 0. The number of aryl methyl sites for hydroxylation is 2. The molecule has 1 aromatic rings. The van der Waals surface area contributed by atoms with E-state index in [1.165, 1.54) is 6.20 Å². The first-order valence-electron chi connectivity index (χ1n) is 3.69. The molecule has 0 unspecified atom stereocenters. The highest BCUT2D eigenvalue weighted by atomic mass is 16.4. The topological polar surface area (TPSA) is 65.9 Å². The number of aromatic carboxylic acids is 1. The number of carboxylic acids is 1. The molecule has 0 atom stereocenters. The summed E-state index contributed by atoms with van der Waals surface area (Å²) in [5.74, 6) is -0.576. The summed E-state index contributed by atoms with van der Waals surface area (Å²) in [5.41, 5.74) is 0.522. The molecule has 1 aromatic heterocycles. The lowest BCUT2D eigenvalue weighted by Gasteiger charge is -2.05. The molecule has 64 valence electrons. The SMILES string of the molecule is CCc1ncc(C(=O)[O-])c(C)n1. The molecule has 0 bridgehead atoms. The van der Waals surface area contributed by atoms with Gasteiger partial charge < -0.3 is 9.90 Å². The predicted molar refractivity (Wildman–Crippen MR) is 40.5 cm³/mol. The van der Waals surface area contributed by atoms with Crippen LogP contribution in [0.1, 0.15) is 28.8 Å². The van der Waals surface area contributed by atoms with Crippen molar-refractivity contribution < 1.29 is 9.90 Å². The van der Waals surface area contributed by atoms with Gasteiger partial charge in [-0.05, 0) is 6.92 Å². The minimum absolute atomic E-state index is 0.0622. The summed E-state index contributed by atoms with van der Waals surface area (Å²) in [6.45, 7) is 3.54. The van der Waals surface area contributed by atoms with E-state index >= 15 is 0 Å². The zero-order valence-electron chi connectivity index (χ0n) is 7.00. The quantitative estimate of drug-likeness (QED) is 0.604. The highest BCUT2D eigenvalue weighted by Gasteiger charge is 2.01. The zero-order chi connectivity index (χ0) is 9.14. The van der Waals surface area contributed by atoms with Crippen molar-refractivity contribution in [3.8, 4) is 0 Å². The molecule has 1 rings (SSSR count). The van der Waals surface area contributed by atoms with Crippen LogP contribution in [0.15, 0.2) is 6.20 Å². The van der Waals surface area contributed by atoms with Crippen LogP contribution in [0.5, 0.6) is 0 Å². The molecule has 0 aromatic carbocycles. The third kappa shape index (κ3) is 1.58. The van der Waals surface area contributed by atoms with E-state index in [9.17, 15) is 9.90 Å². The van der Waals surface area contributed by atoms with E-state index in [-0.39, 0.29) is 5.56 Å². The molecule has 0 amide bonds. The summed E-state index contributed by atoms with van der Waals surface area (Å²) >= 11 is 0. The van der Waals surface area contributed by atoms with E-state index in [1.807, 2.05) is 6.92 Å². The largest absolute Gasteiger partial charge is 0.545 e. The van der Waals surface area contributed by atoms with Crippen LogP contribution >= 0.6 is 0 Å². The van der Waals surface area contributed by atoms with Crippen molar-refractivity contribution in [3.05, 3.63) is 23.3 Å². The van der Waals surface area contributed by atoms with Crippen molar-refractivity contribution in [1.82, 2.24) is 9.97 Å². The maximum absolute atomic E-state index is 10.4. The van der Waals surface area contributed by atoms with E-state index in [0.717, 1.165) is 0 Å². The maximum atomic E-state index is 10.4. The predicted octanol–water partition coefficient (Wildman–Crippen LogP) is -0.289. The molecule has 0 aliphatic carbocycles. The molecule has 0 saturated heterocycles. The van der Waals surface area contributed by atoms with Crippen molar-refractivity contribution in [2.45, 2.75) is 20.3 Å². The molecule has 12 heavy (non-hydrogen) atoms. The Morgan fingerprint density at radius 3 is 2.75 bits per heavy atom. The molecule has 0 radical (unpaired) electrons. The van der Waals surface area contributed by atoms with Crippen LogP contribution < -0.4 is 5.11 Å². The summed E-state index contributed by atoms with van der Waals surface area (Å²) in [7, 11) is 0. The van der Waals surface area contributed by atoms with Crippen LogP contribution in [0.4, 0.5) is 0 Å². The molecule has 4 nitrogen and oxygen atoms in total. The van der Waals surface area contributed by atoms with E-state index < -0.39 is 5.97 Å². The van der Waals surface area contributed by atoms with Crippen LogP contribution in [-0.2, 0) is 6.42 Å². The standard InChI is InChI=1S/C8H10N2O2/c1-3-7-9-4-6(8(11)12)5(2)10-7/h4H,3H2,1-2H3,(H,11,12)/p-1. The van der Waals surface area contributed by atoms with Crippen molar-refractivity contribution in [2.75, 3.05) is 0 Å². The van der Waals surface area contributed by atoms with Gasteiger partial charge in [0, 0.05) is 18.2 Å². The Hall–Kier alpha value is -1.45. The summed E-state index contributed by atoms with van der Waals surface area (Å²) in [6, 6.07) is 0. The van der Waals surface area contributed by atoms with Crippen LogP contribution in [0, 0.1) is 6.92 Å². The van der Waals surface area contributed by atoms with Gasteiger partial charge in [-0.2, -0.15) is 0 Å². The van der Waals surface area contributed by atoms with Gasteiger partial charge in [0.05, 0.1) is 11.7 Å². The van der Waals surface area contributed by atoms with Gasteiger partial charge in [0.2, 0.25) is 0 Å². The Labute approximate surface area is 70.3 Å². The van der Waals surface area contributed by atoms with Gasteiger partial charge in [-0.1, -0.05) is 6.92 Å². The Kier molecular flexibility index (Phi) is 2.38. The number of aromatic nitrogens is 2. The molecule has 0 fully saturated rings. The molecule has 1 heterocycles.